The van der Waals surface area contributed by atoms with Crippen LogP contribution in [0.4, 0.5) is 18.9 Å². The van der Waals surface area contributed by atoms with Crippen LogP contribution in [0.3, 0.4) is 0 Å². The Morgan fingerprint density at radius 3 is 2.50 bits per heavy atom. The number of amides is 1. The van der Waals surface area contributed by atoms with E-state index >= 15 is 0 Å². The standard InChI is InChI=1S/C9H7F3NO/c1-6(14)13-8-4-2-3-7(5-8)9(10,11)12/h2-5H,1H2,(H,13,14). The van der Waals surface area contributed by atoms with Gasteiger partial charge in [0.2, 0.25) is 5.91 Å². The van der Waals surface area contributed by atoms with Crippen LogP contribution in [0.5, 0.6) is 0 Å². The topological polar surface area (TPSA) is 29.1 Å². The molecular formula is C9H7F3NO. The zero-order valence-corrected chi connectivity index (χ0v) is 7.06. The third-order valence-electron chi connectivity index (χ3n) is 1.47. The molecule has 0 atom stereocenters. The van der Waals surface area contributed by atoms with Crippen LogP contribution in [-0.4, -0.2) is 5.91 Å². The fourth-order valence-corrected chi connectivity index (χ4v) is 0.934. The summed E-state index contributed by atoms with van der Waals surface area (Å²) in [6.07, 6.45) is -4.40. The molecule has 0 saturated carbocycles. The molecule has 1 N–H and O–H groups in total. The SMILES string of the molecule is [CH2]C(=O)Nc1cccc(C(F)(F)F)c1. The smallest absolute Gasteiger partial charge is 0.326 e. The summed E-state index contributed by atoms with van der Waals surface area (Å²) in [5, 5.41) is 2.17. The first-order chi connectivity index (χ1) is 6.39. The van der Waals surface area contributed by atoms with Crippen LogP contribution >= 0.6 is 0 Å². The minimum Gasteiger partial charge on any atom is -0.326 e. The Kier molecular flexibility index (Phi) is 2.78. The van der Waals surface area contributed by atoms with Gasteiger partial charge in [0, 0.05) is 12.6 Å². The van der Waals surface area contributed by atoms with Gasteiger partial charge in [0.05, 0.1) is 5.56 Å². The maximum atomic E-state index is 12.2. The van der Waals surface area contributed by atoms with Crippen LogP contribution in [0.1, 0.15) is 5.56 Å². The summed E-state index contributed by atoms with van der Waals surface area (Å²) in [7, 11) is 0. The van der Waals surface area contributed by atoms with Crippen molar-refractivity contribution in [3.8, 4) is 0 Å². The predicted molar refractivity (Wildman–Crippen MR) is 45.4 cm³/mol. The second-order valence-corrected chi connectivity index (χ2v) is 2.63. The molecule has 0 spiro atoms. The van der Waals surface area contributed by atoms with Crippen LogP contribution in [0.25, 0.3) is 0 Å². The monoisotopic (exact) mass is 202 g/mol. The summed E-state index contributed by atoms with van der Waals surface area (Å²) in [4.78, 5) is 10.5. The second-order valence-electron chi connectivity index (χ2n) is 2.63. The van der Waals surface area contributed by atoms with Crippen molar-refractivity contribution in [3.63, 3.8) is 0 Å². The Morgan fingerprint density at radius 2 is 2.00 bits per heavy atom. The first kappa shape index (κ1) is 10.6. The van der Waals surface area contributed by atoms with Gasteiger partial charge in [0.25, 0.3) is 0 Å². The molecule has 1 aromatic rings. The zero-order valence-electron chi connectivity index (χ0n) is 7.06. The van der Waals surface area contributed by atoms with Crippen molar-refractivity contribution < 1.29 is 18.0 Å². The van der Waals surface area contributed by atoms with E-state index in [0.29, 0.717) is 0 Å². The third kappa shape index (κ3) is 2.76. The van der Waals surface area contributed by atoms with Crippen molar-refractivity contribution in [1.29, 1.82) is 0 Å². The van der Waals surface area contributed by atoms with Crippen molar-refractivity contribution in [2.45, 2.75) is 6.18 Å². The van der Waals surface area contributed by atoms with Crippen LogP contribution in [0.15, 0.2) is 24.3 Å². The van der Waals surface area contributed by atoms with Gasteiger partial charge in [0.15, 0.2) is 0 Å². The number of hydrogen-bond acceptors (Lipinski definition) is 1. The Labute approximate surface area is 78.7 Å². The third-order valence-corrected chi connectivity index (χ3v) is 1.47. The van der Waals surface area contributed by atoms with Crippen molar-refractivity contribution >= 4 is 11.6 Å². The minimum absolute atomic E-state index is 0.0832. The number of hydrogen-bond donors (Lipinski definition) is 1. The number of benzene rings is 1. The van der Waals surface area contributed by atoms with Crippen molar-refractivity contribution in [2.24, 2.45) is 0 Å². The number of anilines is 1. The Bertz CT molecular complexity index is 346. The lowest BCUT2D eigenvalue weighted by Gasteiger charge is -2.08. The lowest BCUT2D eigenvalue weighted by atomic mass is 10.2. The molecular weight excluding hydrogens is 195 g/mol. The van der Waals surface area contributed by atoms with Gasteiger partial charge < -0.3 is 5.32 Å². The average molecular weight is 202 g/mol. The van der Waals surface area contributed by atoms with Crippen LogP contribution < -0.4 is 5.32 Å². The lowest BCUT2D eigenvalue weighted by molar-refractivity contribution is -0.137. The van der Waals surface area contributed by atoms with E-state index in [9.17, 15) is 18.0 Å². The molecule has 0 aliphatic heterocycles. The van der Waals surface area contributed by atoms with Crippen LogP contribution in [0, 0.1) is 6.92 Å². The molecule has 0 aliphatic rings. The predicted octanol–water partition coefficient (Wildman–Crippen LogP) is 2.48. The molecule has 0 saturated heterocycles. The van der Waals surface area contributed by atoms with Gasteiger partial charge in [-0.1, -0.05) is 6.07 Å². The summed E-state index contributed by atoms with van der Waals surface area (Å²) >= 11 is 0. The van der Waals surface area contributed by atoms with E-state index in [1.165, 1.54) is 12.1 Å². The minimum atomic E-state index is -4.40. The molecule has 14 heavy (non-hydrogen) atoms. The summed E-state index contributed by atoms with van der Waals surface area (Å²) in [5.74, 6) is -0.649. The molecule has 0 heterocycles. The van der Waals surface area contributed by atoms with E-state index in [-0.39, 0.29) is 5.69 Å². The molecule has 0 unspecified atom stereocenters. The highest BCUT2D eigenvalue weighted by atomic mass is 19.4. The molecule has 2 nitrogen and oxygen atoms in total. The number of carbonyl (C=O) groups is 1. The van der Waals surface area contributed by atoms with E-state index in [1.54, 1.807) is 0 Å². The van der Waals surface area contributed by atoms with E-state index < -0.39 is 17.6 Å². The molecule has 1 amide bonds. The fraction of sp³-hybridized carbons (Fsp3) is 0.111. The molecule has 0 aromatic heterocycles. The maximum absolute atomic E-state index is 12.2. The number of nitrogens with one attached hydrogen (secondary N) is 1. The van der Waals surface area contributed by atoms with Gasteiger partial charge >= 0.3 is 6.18 Å². The quantitative estimate of drug-likeness (QED) is 0.744. The molecule has 0 fully saturated rings. The molecule has 75 valence electrons. The van der Waals surface area contributed by atoms with Crippen molar-refractivity contribution in [1.82, 2.24) is 0 Å². The zero-order chi connectivity index (χ0) is 10.8. The molecule has 0 bridgehead atoms. The molecule has 1 radical (unpaired) electrons. The number of halogens is 3. The van der Waals surface area contributed by atoms with Gasteiger partial charge in [-0.2, -0.15) is 13.2 Å². The summed E-state index contributed by atoms with van der Waals surface area (Å²) in [5.41, 5.74) is -0.719. The van der Waals surface area contributed by atoms with E-state index in [2.05, 4.69) is 12.2 Å². The van der Waals surface area contributed by atoms with E-state index in [1.807, 2.05) is 0 Å². The van der Waals surface area contributed by atoms with E-state index in [0.717, 1.165) is 12.1 Å². The molecule has 1 aromatic carbocycles. The van der Waals surface area contributed by atoms with Gasteiger partial charge in [-0.3, -0.25) is 4.79 Å². The Morgan fingerprint density at radius 1 is 1.36 bits per heavy atom. The second kappa shape index (κ2) is 3.69. The summed E-state index contributed by atoms with van der Waals surface area (Å²) in [6.45, 7) is 2.99. The molecule has 5 heteroatoms. The highest BCUT2D eigenvalue weighted by molar-refractivity contribution is 5.93. The molecule has 0 aliphatic carbocycles. The fourth-order valence-electron chi connectivity index (χ4n) is 0.934. The van der Waals surface area contributed by atoms with Crippen LogP contribution in [-0.2, 0) is 11.0 Å². The van der Waals surface area contributed by atoms with Gasteiger partial charge in [0.1, 0.15) is 0 Å². The summed E-state index contributed by atoms with van der Waals surface area (Å²) < 4.78 is 36.5. The number of alkyl halides is 3. The first-order valence-corrected chi connectivity index (χ1v) is 3.70. The van der Waals surface area contributed by atoms with Crippen molar-refractivity contribution in [3.05, 3.63) is 36.8 Å². The lowest BCUT2D eigenvalue weighted by Crippen LogP contribution is -2.09. The highest BCUT2D eigenvalue weighted by Gasteiger charge is 2.30. The van der Waals surface area contributed by atoms with E-state index in [4.69, 9.17) is 0 Å². The largest absolute Gasteiger partial charge is 0.416 e. The van der Waals surface area contributed by atoms with Crippen molar-refractivity contribution in [2.75, 3.05) is 5.32 Å². The number of rotatable bonds is 1. The van der Waals surface area contributed by atoms with Gasteiger partial charge in [-0.25, -0.2) is 0 Å². The highest BCUT2D eigenvalue weighted by Crippen LogP contribution is 2.30. The Balaban J connectivity index is 2.95. The Hall–Kier alpha value is -1.52. The van der Waals surface area contributed by atoms with Gasteiger partial charge in [-0.05, 0) is 18.2 Å². The molecule has 1 rings (SSSR count). The van der Waals surface area contributed by atoms with Gasteiger partial charge in [-0.15, -0.1) is 0 Å². The van der Waals surface area contributed by atoms with Crippen LogP contribution in [0.2, 0.25) is 0 Å². The maximum Gasteiger partial charge on any atom is 0.416 e. The number of carbonyl (C=O) groups excluding carboxylic acids is 1. The average Bonchev–Trinajstić information content (AvgIpc) is 2.01. The summed E-state index contributed by atoms with van der Waals surface area (Å²) in [6, 6.07) is 4.36. The normalized spacial score (nSPS) is 11.1. The first-order valence-electron chi connectivity index (χ1n) is 3.70.